The van der Waals surface area contributed by atoms with E-state index < -0.39 is 29.1 Å². The normalized spacial score (nSPS) is 11.4. The fraction of sp³-hybridized carbons (Fsp3) is 0.118. The first-order chi connectivity index (χ1) is 12.2. The van der Waals surface area contributed by atoms with Crippen LogP contribution in [0.4, 0.5) is 13.2 Å². The Labute approximate surface area is 146 Å². The second-order valence-electron chi connectivity index (χ2n) is 5.18. The summed E-state index contributed by atoms with van der Waals surface area (Å²) in [5.41, 5.74) is 0.648. The van der Waals surface area contributed by atoms with Crippen LogP contribution >= 0.6 is 0 Å². The van der Waals surface area contributed by atoms with E-state index in [1.807, 2.05) is 0 Å². The molecule has 2 aromatic rings. The number of hydrogen-bond acceptors (Lipinski definition) is 4. The highest BCUT2D eigenvalue weighted by Gasteiger charge is 2.35. The first-order valence-electron chi connectivity index (χ1n) is 7.27. The Morgan fingerprint density at radius 2 is 1.73 bits per heavy atom. The molecule has 0 fully saturated rings. The number of hydrazone groups is 1. The number of alkyl halides is 3. The zero-order valence-corrected chi connectivity index (χ0v) is 13.5. The van der Waals surface area contributed by atoms with Crippen molar-refractivity contribution < 1.29 is 28.0 Å². The first-order valence-corrected chi connectivity index (χ1v) is 7.27. The van der Waals surface area contributed by atoms with Crippen molar-refractivity contribution in [3.05, 3.63) is 70.8 Å². The predicted octanol–water partition coefficient (Wildman–Crippen LogP) is 2.93. The number of carbonyl (C=O) groups is 2. The maximum absolute atomic E-state index is 13.0. The number of rotatable bonds is 4. The highest BCUT2D eigenvalue weighted by Crippen LogP contribution is 2.32. The van der Waals surface area contributed by atoms with Crippen LogP contribution in [0.15, 0.2) is 53.6 Å². The first kappa shape index (κ1) is 19.1. The SMILES string of the molecule is CN(/N=C/c1ccc(C(=O)NO)cc1)C(=O)c1ccccc1C(F)(F)F. The second-order valence-corrected chi connectivity index (χ2v) is 5.18. The number of amides is 2. The zero-order chi connectivity index (χ0) is 19.3. The molecule has 2 rings (SSSR count). The van der Waals surface area contributed by atoms with E-state index in [0.29, 0.717) is 5.56 Å². The predicted molar refractivity (Wildman–Crippen MR) is 86.8 cm³/mol. The van der Waals surface area contributed by atoms with Crippen LogP contribution in [0.5, 0.6) is 0 Å². The van der Waals surface area contributed by atoms with Gasteiger partial charge in [-0.3, -0.25) is 14.8 Å². The van der Waals surface area contributed by atoms with E-state index in [-0.39, 0.29) is 5.56 Å². The Morgan fingerprint density at radius 1 is 1.12 bits per heavy atom. The van der Waals surface area contributed by atoms with Crippen molar-refractivity contribution in [3.63, 3.8) is 0 Å². The topological polar surface area (TPSA) is 82.0 Å². The maximum Gasteiger partial charge on any atom is 0.417 e. The zero-order valence-electron chi connectivity index (χ0n) is 13.5. The monoisotopic (exact) mass is 365 g/mol. The fourth-order valence-corrected chi connectivity index (χ4v) is 2.08. The second kappa shape index (κ2) is 7.79. The molecule has 9 heteroatoms. The fourth-order valence-electron chi connectivity index (χ4n) is 2.08. The van der Waals surface area contributed by atoms with Crippen LogP contribution in [-0.4, -0.2) is 35.3 Å². The molecule has 0 radical (unpaired) electrons. The molecule has 0 saturated carbocycles. The third-order valence-corrected chi connectivity index (χ3v) is 3.41. The van der Waals surface area contributed by atoms with Crippen molar-refractivity contribution in [2.75, 3.05) is 7.05 Å². The summed E-state index contributed by atoms with van der Waals surface area (Å²) in [7, 11) is 1.24. The van der Waals surface area contributed by atoms with Gasteiger partial charge >= 0.3 is 6.18 Å². The van der Waals surface area contributed by atoms with E-state index in [1.165, 1.54) is 55.1 Å². The summed E-state index contributed by atoms with van der Waals surface area (Å²) in [4.78, 5) is 23.5. The Bertz CT molecular complexity index is 833. The van der Waals surface area contributed by atoms with Crippen molar-refractivity contribution in [1.29, 1.82) is 0 Å². The average molecular weight is 365 g/mol. The lowest BCUT2D eigenvalue weighted by molar-refractivity contribution is -0.138. The minimum Gasteiger partial charge on any atom is -0.288 e. The number of carbonyl (C=O) groups excluding carboxylic acids is 2. The lowest BCUT2D eigenvalue weighted by Gasteiger charge is -2.15. The molecule has 0 aromatic heterocycles. The molecule has 0 aliphatic carbocycles. The Hall–Kier alpha value is -3.20. The molecule has 2 aromatic carbocycles. The summed E-state index contributed by atoms with van der Waals surface area (Å²) in [6.07, 6.45) is -3.39. The highest BCUT2D eigenvalue weighted by molar-refractivity contribution is 5.96. The van der Waals surface area contributed by atoms with Crippen molar-refractivity contribution >= 4 is 18.0 Å². The van der Waals surface area contributed by atoms with E-state index in [2.05, 4.69) is 5.10 Å². The van der Waals surface area contributed by atoms with Crippen LogP contribution < -0.4 is 5.48 Å². The molecule has 0 aliphatic heterocycles. The minimum atomic E-state index is -4.65. The molecular weight excluding hydrogens is 351 g/mol. The van der Waals surface area contributed by atoms with Gasteiger partial charge in [-0.2, -0.15) is 18.3 Å². The lowest BCUT2D eigenvalue weighted by Crippen LogP contribution is -2.24. The quantitative estimate of drug-likeness (QED) is 0.497. The number of halogens is 3. The van der Waals surface area contributed by atoms with Gasteiger partial charge in [0.15, 0.2) is 0 Å². The van der Waals surface area contributed by atoms with E-state index in [0.717, 1.165) is 17.1 Å². The Morgan fingerprint density at radius 3 is 2.31 bits per heavy atom. The molecule has 0 aliphatic rings. The van der Waals surface area contributed by atoms with Crippen molar-refractivity contribution in [3.8, 4) is 0 Å². The van der Waals surface area contributed by atoms with Crippen LogP contribution in [-0.2, 0) is 6.18 Å². The lowest BCUT2D eigenvalue weighted by atomic mass is 10.1. The third kappa shape index (κ3) is 4.45. The third-order valence-electron chi connectivity index (χ3n) is 3.41. The summed E-state index contributed by atoms with van der Waals surface area (Å²) in [5, 5.41) is 13.2. The van der Waals surface area contributed by atoms with Gasteiger partial charge in [-0.25, -0.2) is 10.5 Å². The number of hydrogen-bond donors (Lipinski definition) is 2. The molecule has 2 N–H and O–H groups in total. The largest absolute Gasteiger partial charge is 0.417 e. The van der Waals surface area contributed by atoms with Gasteiger partial charge in [0.2, 0.25) is 0 Å². The Kier molecular flexibility index (Phi) is 5.73. The van der Waals surface area contributed by atoms with Crippen LogP contribution in [0.2, 0.25) is 0 Å². The van der Waals surface area contributed by atoms with Gasteiger partial charge in [0.05, 0.1) is 17.3 Å². The number of nitrogens with one attached hydrogen (secondary N) is 1. The Balaban J connectivity index is 2.17. The molecule has 0 bridgehead atoms. The molecule has 2 amide bonds. The van der Waals surface area contributed by atoms with Gasteiger partial charge in [0, 0.05) is 12.6 Å². The van der Waals surface area contributed by atoms with Crippen LogP contribution in [0, 0.1) is 0 Å². The van der Waals surface area contributed by atoms with Crippen LogP contribution in [0.25, 0.3) is 0 Å². The summed E-state index contributed by atoms with van der Waals surface area (Å²) in [6.45, 7) is 0. The summed E-state index contributed by atoms with van der Waals surface area (Å²) in [6, 6.07) is 10.3. The number of benzene rings is 2. The molecule has 0 saturated heterocycles. The van der Waals surface area contributed by atoms with E-state index in [4.69, 9.17) is 5.21 Å². The molecule has 26 heavy (non-hydrogen) atoms. The van der Waals surface area contributed by atoms with Crippen molar-refractivity contribution in [2.24, 2.45) is 5.10 Å². The van der Waals surface area contributed by atoms with Crippen LogP contribution in [0.1, 0.15) is 31.8 Å². The standard InChI is InChI=1S/C17H14F3N3O3/c1-23(16(25)13-4-2-3-5-14(13)17(18,19)20)21-10-11-6-8-12(9-7-11)15(24)22-26/h2-10,26H,1H3,(H,22,24)/b21-10+. The average Bonchev–Trinajstić information content (AvgIpc) is 2.64. The van der Waals surface area contributed by atoms with Gasteiger partial charge in [-0.05, 0) is 29.8 Å². The van der Waals surface area contributed by atoms with Gasteiger partial charge in [-0.15, -0.1) is 0 Å². The van der Waals surface area contributed by atoms with Gasteiger partial charge in [0.1, 0.15) is 0 Å². The molecule has 6 nitrogen and oxygen atoms in total. The van der Waals surface area contributed by atoms with Crippen molar-refractivity contribution in [2.45, 2.75) is 6.18 Å². The molecule has 0 atom stereocenters. The van der Waals surface area contributed by atoms with Gasteiger partial charge < -0.3 is 0 Å². The van der Waals surface area contributed by atoms with Crippen LogP contribution in [0.3, 0.4) is 0 Å². The van der Waals surface area contributed by atoms with Crippen molar-refractivity contribution in [1.82, 2.24) is 10.5 Å². The van der Waals surface area contributed by atoms with E-state index in [9.17, 15) is 22.8 Å². The molecular formula is C17H14F3N3O3. The van der Waals surface area contributed by atoms with E-state index >= 15 is 0 Å². The molecule has 136 valence electrons. The number of hydroxylamine groups is 1. The molecule has 0 heterocycles. The van der Waals surface area contributed by atoms with E-state index in [1.54, 1.807) is 0 Å². The summed E-state index contributed by atoms with van der Waals surface area (Å²) >= 11 is 0. The summed E-state index contributed by atoms with van der Waals surface area (Å²) < 4.78 is 39.0. The van der Waals surface area contributed by atoms with Gasteiger partial charge in [0.25, 0.3) is 11.8 Å². The number of nitrogens with zero attached hydrogens (tertiary/aromatic N) is 2. The maximum atomic E-state index is 13.0. The smallest absolute Gasteiger partial charge is 0.288 e. The molecule has 0 unspecified atom stereocenters. The molecule has 0 spiro atoms. The highest BCUT2D eigenvalue weighted by atomic mass is 19.4. The summed E-state index contributed by atoms with van der Waals surface area (Å²) in [5.74, 6) is -1.60. The van der Waals surface area contributed by atoms with Gasteiger partial charge in [-0.1, -0.05) is 24.3 Å². The minimum absolute atomic E-state index is 0.202.